The molecular weight excluding hydrogens is 288 g/mol. The minimum atomic E-state index is 0.000440. The zero-order chi connectivity index (χ0) is 15.9. The zero-order valence-corrected chi connectivity index (χ0v) is 13.6. The second-order valence-corrected chi connectivity index (χ2v) is 6.49. The Morgan fingerprint density at radius 3 is 2.70 bits per heavy atom. The van der Waals surface area contributed by atoms with E-state index in [2.05, 4.69) is 10.2 Å². The summed E-state index contributed by atoms with van der Waals surface area (Å²) in [6, 6.07) is 10.5. The first-order valence-electron chi connectivity index (χ1n) is 8.64. The van der Waals surface area contributed by atoms with E-state index in [1.54, 1.807) is 6.08 Å². The van der Waals surface area contributed by atoms with Gasteiger partial charge in [0.25, 0.3) is 0 Å². The van der Waals surface area contributed by atoms with E-state index in [1.807, 2.05) is 36.4 Å². The molecule has 1 aromatic carbocycles. The van der Waals surface area contributed by atoms with Crippen LogP contribution in [0, 0.1) is 5.92 Å². The maximum absolute atomic E-state index is 11.9. The van der Waals surface area contributed by atoms with E-state index in [0.29, 0.717) is 12.0 Å². The molecular formula is C19H26N2O2. The van der Waals surface area contributed by atoms with Gasteiger partial charge >= 0.3 is 0 Å². The van der Waals surface area contributed by atoms with Gasteiger partial charge in [0.2, 0.25) is 5.91 Å². The van der Waals surface area contributed by atoms with E-state index in [4.69, 9.17) is 4.74 Å². The number of carbonyl (C=O) groups is 1. The average Bonchev–Trinajstić information content (AvgIpc) is 3.14. The predicted molar refractivity (Wildman–Crippen MR) is 92.0 cm³/mol. The largest absolute Gasteiger partial charge is 0.380 e. The molecule has 124 valence electrons. The van der Waals surface area contributed by atoms with Crippen LogP contribution in [0.1, 0.15) is 24.8 Å². The van der Waals surface area contributed by atoms with Crippen molar-refractivity contribution in [1.29, 1.82) is 0 Å². The first-order valence-corrected chi connectivity index (χ1v) is 8.64. The molecule has 0 aromatic heterocycles. The number of rotatable bonds is 5. The van der Waals surface area contributed by atoms with Crippen LogP contribution in [0.25, 0.3) is 6.08 Å². The highest BCUT2D eigenvalue weighted by Crippen LogP contribution is 2.21. The van der Waals surface area contributed by atoms with Crippen molar-refractivity contribution in [3.05, 3.63) is 42.0 Å². The molecule has 0 saturated carbocycles. The van der Waals surface area contributed by atoms with Gasteiger partial charge in [0.05, 0.1) is 6.61 Å². The molecule has 2 aliphatic heterocycles. The topological polar surface area (TPSA) is 41.6 Å². The Bertz CT molecular complexity index is 515. The highest BCUT2D eigenvalue weighted by molar-refractivity contribution is 5.91. The van der Waals surface area contributed by atoms with Crippen LogP contribution in [0.2, 0.25) is 0 Å². The zero-order valence-electron chi connectivity index (χ0n) is 13.6. The molecule has 2 saturated heterocycles. The van der Waals surface area contributed by atoms with Crippen LogP contribution >= 0.6 is 0 Å². The molecule has 2 heterocycles. The van der Waals surface area contributed by atoms with Gasteiger partial charge in [-0.15, -0.1) is 0 Å². The van der Waals surface area contributed by atoms with E-state index in [1.165, 1.54) is 19.3 Å². The van der Waals surface area contributed by atoms with Crippen molar-refractivity contribution >= 4 is 12.0 Å². The third-order valence-corrected chi connectivity index (χ3v) is 4.86. The van der Waals surface area contributed by atoms with Gasteiger partial charge in [-0.05, 0) is 49.9 Å². The van der Waals surface area contributed by atoms with Crippen LogP contribution in [-0.2, 0) is 9.53 Å². The predicted octanol–water partition coefficient (Wildman–Crippen LogP) is 2.32. The molecule has 0 aliphatic carbocycles. The van der Waals surface area contributed by atoms with Crippen molar-refractivity contribution in [2.45, 2.75) is 25.3 Å². The third-order valence-electron chi connectivity index (χ3n) is 4.86. The second kappa shape index (κ2) is 8.27. The molecule has 0 radical (unpaired) electrons. The van der Waals surface area contributed by atoms with Crippen molar-refractivity contribution in [2.75, 3.05) is 32.8 Å². The Labute approximate surface area is 138 Å². The minimum Gasteiger partial charge on any atom is -0.380 e. The lowest BCUT2D eigenvalue weighted by Crippen LogP contribution is -2.43. The van der Waals surface area contributed by atoms with E-state index in [0.717, 1.165) is 38.4 Å². The summed E-state index contributed by atoms with van der Waals surface area (Å²) in [6.07, 6.45) is 6.99. The molecule has 1 N–H and O–H groups in total. The number of carbonyl (C=O) groups excluding carboxylic acids is 1. The Morgan fingerprint density at radius 2 is 2.00 bits per heavy atom. The molecule has 4 heteroatoms. The fraction of sp³-hybridized carbons (Fsp3) is 0.526. The van der Waals surface area contributed by atoms with Gasteiger partial charge in [-0.2, -0.15) is 0 Å². The second-order valence-electron chi connectivity index (χ2n) is 6.49. The number of nitrogens with zero attached hydrogens (tertiary/aromatic N) is 1. The number of nitrogens with one attached hydrogen (secondary N) is 1. The summed E-state index contributed by atoms with van der Waals surface area (Å²) in [6.45, 7) is 4.86. The lowest BCUT2D eigenvalue weighted by molar-refractivity contribution is -0.116. The van der Waals surface area contributed by atoms with Crippen molar-refractivity contribution in [2.24, 2.45) is 5.92 Å². The maximum atomic E-state index is 11.9. The summed E-state index contributed by atoms with van der Waals surface area (Å²) in [5.74, 6) is 0.600. The molecule has 23 heavy (non-hydrogen) atoms. The van der Waals surface area contributed by atoms with Crippen molar-refractivity contribution in [1.82, 2.24) is 10.2 Å². The fourth-order valence-corrected chi connectivity index (χ4v) is 3.37. The average molecular weight is 314 g/mol. The number of amides is 1. The molecule has 2 fully saturated rings. The lowest BCUT2D eigenvalue weighted by atomic mass is 9.95. The number of ether oxygens (including phenoxy) is 1. The van der Waals surface area contributed by atoms with Crippen LogP contribution in [0.5, 0.6) is 0 Å². The number of hydrogen-bond acceptors (Lipinski definition) is 3. The highest BCUT2D eigenvalue weighted by atomic mass is 16.5. The number of likely N-dealkylation sites (tertiary alicyclic amines) is 1. The Balaban J connectivity index is 1.36. The molecule has 4 nitrogen and oxygen atoms in total. The Morgan fingerprint density at radius 1 is 1.22 bits per heavy atom. The summed E-state index contributed by atoms with van der Waals surface area (Å²) in [4.78, 5) is 14.5. The first-order chi connectivity index (χ1) is 11.3. The lowest BCUT2D eigenvalue weighted by Gasteiger charge is -2.35. The van der Waals surface area contributed by atoms with Gasteiger partial charge in [0, 0.05) is 25.3 Å². The summed E-state index contributed by atoms with van der Waals surface area (Å²) in [5.41, 5.74) is 1.05. The van der Waals surface area contributed by atoms with Crippen LogP contribution in [0.4, 0.5) is 0 Å². The normalized spacial score (nSPS) is 23.4. The van der Waals surface area contributed by atoms with Gasteiger partial charge in [0.1, 0.15) is 0 Å². The molecule has 3 rings (SSSR count). The van der Waals surface area contributed by atoms with Crippen LogP contribution in [0.15, 0.2) is 36.4 Å². The first kappa shape index (κ1) is 16.2. The molecule has 1 amide bonds. The maximum Gasteiger partial charge on any atom is 0.244 e. The molecule has 0 spiro atoms. The van der Waals surface area contributed by atoms with E-state index in [-0.39, 0.29) is 5.91 Å². The highest BCUT2D eigenvalue weighted by Gasteiger charge is 2.27. The van der Waals surface area contributed by atoms with Gasteiger partial charge in [-0.3, -0.25) is 9.69 Å². The Kier molecular flexibility index (Phi) is 5.83. The van der Waals surface area contributed by atoms with Gasteiger partial charge < -0.3 is 10.1 Å². The SMILES string of the molecule is O=C(/C=C/c1ccccc1)NCC1CCN([C@@H]2CCOC2)CC1. The van der Waals surface area contributed by atoms with Gasteiger partial charge in [0.15, 0.2) is 0 Å². The summed E-state index contributed by atoms with van der Waals surface area (Å²) >= 11 is 0. The van der Waals surface area contributed by atoms with Crippen molar-refractivity contribution in [3.63, 3.8) is 0 Å². The van der Waals surface area contributed by atoms with E-state index < -0.39 is 0 Å². The fourth-order valence-electron chi connectivity index (χ4n) is 3.37. The summed E-state index contributed by atoms with van der Waals surface area (Å²) in [7, 11) is 0. The quantitative estimate of drug-likeness (QED) is 0.848. The standard InChI is InChI=1S/C19H26N2O2/c22-19(7-6-16-4-2-1-3-5-16)20-14-17-8-11-21(12-9-17)18-10-13-23-15-18/h1-7,17-18H,8-15H2,(H,20,22)/b7-6+/t18-/m1/s1. The number of piperidine rings is 1. The summed E-state index contributed by atoms with van der Waals surface area (Å²) < 4.78 is 5.47. The van der Waals surface area contributed by atoms with Crippen LogP contribution in [-0.4, -0.2) is 49.7 Å². The molecule has 1 atom stereocenters. The number of benzene rings is 1. The van der Waals surface area contributed by atoms with Gasteiger partial charge in [-0.25, -0.2) is 0 Å². The van der Waals surface area contributed by atoms with Crippen molar-refractivity contribution < 1.29 is 9.53 Å². The third kappa shape index (κ3) is 4.91. The monoisotopic (exact) mass is 314 g/mol. The van der Waals surface area contributed by atoms with E-state index >= 15 is 0 Å². The van der Waals surface area contributed by atoms with E-state index in [9.17, 15) is 4.79 Å². The minimum absolute atomic E-state index is 0.000440. The van der Waals surface area contributed by atoms with Gasteiger partial charge in [-0.1, -0.05) is 30.3 Å². The Hall–Kier alpha value is -1.65. The van der Waals surface area contributed by atoms with Crippen LogP contribution in [0.3, 0.4) is 0 Å². The van der Waals surface area contributed by atoms with Crippen molar-refractivity contribution in [3.8, 4) is 0 Å². The smallest absolute Gasteiger partial charge is 0.244 e. The van der Waals surface area contributed by atoms with Crippen LogP contribution < -0.4 is 5.32 Å². The molecule has 0 bridgehead atoms. The molecule has 2 aliphatic rings. The molecule has 0 unspecified atom stereocenters. The summed E-state index contributed by atoms with van der Waals surface area (Å²) in [5, 5.41) is 3.04. The number of hydrogen-bond donors (Lipinski definition) is 1. The molecule has 1 aromatic rings.